The van der Waals surface area contributed by atoms with E-state index in [9.17, 15) is 14.4 Å². The molecule has 2 N–H and O–H groups in total. The Kier molecular flexibility index (Phi) is 5.84. The molecule has 1 heterocycles. The summed E-state index contributed by atoms with van der Waals surface area (Å²) in [5.41, 5.74) is 0.950. The van der Waals surface area contributed by atoms with Crippen molar-refractivity contribution >= 4 is 22.6 Å². The van der Waals surface area contributed by atoms with Crippen molar-refractivity contribution in [3.05, 3.63) is 75.7 Å². The maximum Gasteiger partial charge on any atom is 0.335 e. The van der Waals surface area contributed by atoms with Crippen LogP contribution in [0.4, 0.5) is 0 Å². The lowest BCUT2D eigenvalue weighted by Crippen LogP contribution is -2.30. The van der Waals surface area contributed by atoms with Crippen molar-refractivity contribution in [3.8, 4) is 0 Å². The number of carboxylic acid groups (broad SMARTS) is 1. The number of aryl methyl sites for hydroxylation is 1. The average Bonchev–Trinajstić information content (AvgIpc) is 2.72. The van der Waals surface area contributed by atoms with Crippen LogP contribution in [-0.2, 0) is 13.1 Å². The van der Waals surface area contributed by atoms with E-state index in [1.165, 1.54) is 16.8 Å². The maximum atomic E-state index is 12.8. The Morgan fingerprint density at radius 2 is 1.75 bits per heavy atom. The van der Waals surface area contributed by atoms with Crippen molar-refractivity contribution in [1.82, 2.24) is 15.1 Å². The number of fused-ring (bicyclic) bond motifs is 1. The summed E-state index contributed by atoms with van der Waals surface area (Å²) in [5, 5.41) is 17.0. The van der Waals surface area contributed by atoms with Crippen LogP contribution in [0.3, 0.4) is 0 Å². The molecular formula is C21H21N3O4. The zero-order valence-corrected chi connectivity index (χ0v) is 15.5. The molecule has 0 saturated carbocycles. The van der Waals surface area contributed by atoms with Gasteiger partial charge in [0.25, 0.3) is 11.5 Å². The minimum Gasteiger partial charge on any atom is -0.478 e. The highest BCUT2D eigenvalue weighted by atomic mass is 16.4. The van der Waals surface area contributed by atoms with Crippen LogP contribution in [0.5, 0.6) is 0 Å². The third-order valence-corrected chi connectivity index (χ3v) is 4.46. The van der Waals surface area contributed by atoms with E-state index in [-0.39, 0.29) is 29.3 Å². The molecule has 7 nitrogen and oxygen atoms in total. The third kappa shape index (κ3) is 4.09. The maximum absolute atomic E-state index is 12.8. The molecule has 0 aliphatic carbocycles. The van der Waals surface area contributed by atoms with Gasteiger partial charge in [-0.2, -0.15) is 5.10 Å². The van der Waals surface area contributed by atoms with Crippen molar-refractivity contribution in [3.63, 3.8) is 0 Å². The normalized spacial score (nSPS) is 10.8. The van der Waals surface area contributed by atoms with Crippen molar-refractivity contribution in [1.29, 1.82) is 0 Å². The summed E-state index contributed by atoms with van der Waals surface area (Å²) in [7, 11) is 0. The van der Waals surface area contributed by atoms with E-state index in [1.54, 1.807) is 36.4 Å². The Morgan fingerprint density at radius 3 is 2.39 bits per heavy atom. The number of nitrogens with one attached hydrogen (secondary N) is 1. The molecule has 0 radical (unpaired) electrons. The predicted octanol–water partition coefficient (Wildman–Crippen LogP) is 2.82. The monoisotopic (exact) mass is 379 g/mol. The molecule has 144 valence electrons. The zero-order chi connectivity index (χ0) is 20.1. The lowest BCUT2D eigenvalue weighted by Gasteiger charge is -2.11. The van der Waals surface area contributed by atoms with Gasteiger partial charge in [0, 0.05) is 18.5 Å². The van der Waals surface area contributed by atoms with E-state index >= 15 is 0 Å². The number of rotatable bonds is 7. The van der Waals surface area contributed by atoms with Crippen molar-refractivity contribution in [2.45, 2.75) is 32.9 Å². The first-order chi connectivity index (χ1) is 13.5. The highest BCUT2D eigenvalue weighted by Crippen LogP contribution is 2.14. The SMILES string of the molecule is CCCCn1nc(C(=O)NCc2ccc(C(=O)O)cc2)c2ccccc2c1=O. The Balaban J connectivity index is 1.87. The average molecular weight is 379 g/mol. The topological polar surface area (TPSA) is 101 Å². The van der Waals surface area contributed by atoms with Crippen LogP contribution in [0.1, 0.15) is 46.2 Å². The summed E-state index contributed by atoms with van der Waals surface area (Å²) >= 11 is 0. The van der Waals surface area contributed by atoms with E-state index in [0.29, 0.717) is 17.3 Å². The molecule has 3 aromatic rings. The summed E-state index contributed by atoms with van der Waals surface area (Å²) in [5.74, 6) is -1.38. The Bertz CT molecular complexity index is 1070. The van der Waals surface area contributed by atoms with Crippen LogP contribution in [0.2, 0.25) is 0 Å². The van der Waals surface area contributed by atoms with E-state index in [4.69, 9.17) is 5.11 Å². The largest absolute Gasteiger partial charge is 0.478 e. The van der Waals surface area contributed by atoms with Gasteiger partial charge in [-0.15, -0.1) is 0 Å². The van der Waals surface area contributed by atoms with Gasteiger partial charge in [-0.3, -0.25) is 9.59 Å². The van der Waals surface area contributed by atoms with Crippen LogP contribution in [0.15, 0.2) is 53.3 Å². The highest BCUT2D eigenvalue weighted by molar-refractivity contribution is 6.04. The lowest BCUT2D eigenvalue weighted by molar-refractivity contribution is 0.0696. The number of carbonyl (C=O) groups excluding carboxylic acids is 1. The smallest absolute Gasteiger partial charge is 0.335 e. The number of carbonyl (C=O) groups is 2. The third-order valence-electron chi connectivity index (χ3n) is 4.46. The van der Waals surface area contributed by atoms with Crippen molar-refractivity contribution in [2.75, 3.05) is 0 Å². The standard InChI is InChI=1S/C21H21N3O4/c1-2-3-12-24-20(26)17-7-5-4-6-16(17)18(23-24)19(25)22-13-14-8-10-15(11-9-14)21(27)28/h4-11H,2-3,12-13H2,1H3,(H,22,25)(H,27,28). The van der Waals surface area contributed by atoms with Gasteiger partial charge in [0.15, 0.2) is 5.69 Å². The molecule has 0 spiro atoms. The first-order valence-corrected chi connectivity index (χ1v) is 9.11. The van der Waals surface area contributed by atoms with Crippen LogP contribution >= 0.6 is 0 Å². The summed E-state index contributed by atoms with van der Waals surface area (Å²) in [6.07, 6.45) is 1.71. The molecule has 2 aromatic carbocycles. The zero-order valence-electron chi connectivity index (χ0n) is 15.5. The number of hydrogen-bond donors (Lipinski definition) is 2. The molecule has 0 unspecified atom stereocenters. The second-order valence-corrected chi connectivity index (χ2v) is 6.46. The first-order valence-electron chi connectivity index (χ1n) is 9.11. The van der Waals surface area contributed by atoms with Crippen molar-refractivity contribution in [2.24, 2.45) is 0 Å². The molecular weight excluding hydrogens is 358 g/mol. The second-order valence-electron chi connectivity index (χ2n) is 6.46. The van der Waals surface area contributed by atoms with Gasteiger partial charge >= 0.3 is 5.97 Å². The van der Waals surface area contributed by atoms with Gasteiger partial charge in [-0.05, 0) is 30.2 Å². The molecule has 0 aliphatic heterocycles. The fourth-order valence-electron chi connectivity index (χ4n) is 2.89. The summed E-state index contributed by atoms with van der Waals surface area (Å²) in [6, 6.07) is 13.2. The van der Waals surface area contributed by atoms with Gasteiger partial charge in [0.05, 0.1) is 10.9 Å². The molecule has 0 bridgehead atoms. The molecule has 3 rings (SSSR count). The molecule has 0 atom stereocenters. The van der Waals surface area contributed by atoms with Gasteiger partial charge in [0.2, 0.25) is 0 Å². The Morgan fingerprint density at radius 1 is 1.07 bits per heavy atom. The van der Waals surface area contributed by atoms with E-state index in [0.717, 1.165) is 18.4 Å². The summed E-state index contributed by atoms with van der Waals surface area (Å²) in [6.45, 7) is 2.70. The van der Waals surface area contributed by atoms with Gasteiger partial charge in [-0.25, -0.2) is 9.48 Å². The van der Waals surface area contributed by atoms with Crippen molar-refractivity contribution < 1.29 is 14.7 Å². The lowest BCUT2D eigenvalue weighted by atomic mass is 10.1. The Hall–Kier alpha value is -3.48. The van der Waals surface area contributed by atoms with Crippen LogP contribution in [0.25, 0.3) is 10.8 Å². The molecule has 28 heavy (non-hydrogen) atoms. The molecule has 0 aliphatic rings. The first kappa shape index (κ1) is 19.3. The summed E-state index contributed by atoms with van der Waals surface area (Å²) < 4.78 is 1.35. The molecule has 1 aromatic heterocycles. The number of aromatic carboxylic acids is 1. The number of aromatic nitrogens is 2. The molecule has 0 saturated heterocycles. The Labute approximate surface area is 161 Å². The van der Waals surface area contributed by atoms with E-state index in [1.807, 2.05) is 6.92 Å². The number of amides is 1. The minimum absolute atomic E-state index is 0.186. The molecule has 0 fully saturated rings. The number of benzene rings is 2. The second kappa shape index (κ2) is 8.47. The van der Waals surface area contributed by atoms with E-state index < -0.39 is 5.97 Å². The van der Waals surface area contributed by atoms with Crippen LogP contribution in [-0.4, -0.2) is 26.8 Å². The number of hydrogen-bond acceptors (Lipinski definition) is 4. The molecule has 1 amide bonds. The fraction of sp³-hybridized carbons (Fsp3) is 0.238. The minimum atomic E-state index is -0.999. The fourth-order valence-corrected chi connectivity index (χ4v) is 2.89. The summed E-state index contributed by atoms with van der Waals surface area (Å²) in [4.78, 5) is 36.3. The van der Waals surface area contributed by atoms with Crippen LogP contribution < -0.4 is 10.9 Å². The number of nitrogens with zero attached hydrogens (tertiary/aromatic N) is 2. The van der Waals surface area contributed by atoms with Gasteiger partial charge in [0.1, 0.15) is 0 Å². The van der Waals surface area contributed by atoms with E-state index in [2.05, 4.69) is 10.4 Å². The number of unbranched alkanes of at least 4 members (excludes halogenated alkanes) is 1. The quantitative estimate of drug-likeness (QED) is 0.657. The predicted molar refractivity (Wildman–Crippen MR) is 105 cm³/mol. The number of carboxylic acids is 1. The van der Waals surface area contributed by atoms with Crippen LogP contribution in [0, 0.1) is 0 Å². The van der Waals surface area contributed by atoms with Gasteiger partial charge in [-0.1, -0.05) is 43.7 Å². The molecule has 7 heteroatoms. The highest BCUT2D eigenvalue weighted by Gasteiger charge is 2.16. The van der Waals surface area contributed by atoms with Gasteiger partial charge < -0.3 is 10.4 Å².